The Labute approximate surface area is 64.1 Å². The number of rotatable bonds is 3. The molecule has 0 spiro atoms. The summed E-state index contributed by atoms with van der Waals surface area (Å²) in [7, 11) is 0.446. The minimum absolute atomic E-state index is 0. The van der Waals surface area contributed by atoms with Crippen LogP contribution >= 0.6 is 7.92 Å². The van der Waals surface area contributed by atoms with Gasteiger partial charge in [-0.25, -0.2) is 0 Å². The van der Waals surface area contributed by atoms with Crippen molar-refractivity contribution in [1.29, 1.82) is 0 Å². The molecule has 0 saturated heterocycles. The Morgan fingerprint density at radius 2 is 1.12 bits per heavy atom. The zero-order chi connectivity index (χ0) is 5.70. The Bertz CT molecular complexity index is 30.0. The minimum atomic E-state index is 0. The van der Waals surface area contributed by atoms with Crippen molar-refractivity contribution in [3.63, 3.8) is 0 Å². The Hall–Kier alpha value is 0.924. The van der Waals surface area contributed by atoms with Crippen molar-refractivity contribution in [1.82, 2.24) is 0 Å². The van der Waals surface area contributed by atoms with Crippen molar-refractivity contribution in [2.75, 3.05) is 18.5 Å². The molecule has 0 N–H and O–H groups in total. The second kappa shape index (κ2) is 7.92. The van der Waals surface area contributed by atoms with Crippen molar-refractivity contribution >= 4 is 7.92 Å². The molecule has 0 fully saturated rings. The zero-order valence-electron chi connectivity index (χ0n) is 5.88. The van der Waals surface area contributed by atoms with Crippen LogP contribution in [0, 0.1) is 0 Å². The van der Waals surface area contributed by atoms with E-state index in [0.29, 0.717) is 7.92 Å². The molecule has 0 aromatic heterocycles. The third kappa shape index (κ3) is 5.07. The molecular formula is C6H15NiP+2. The summed E-state index contributed by atoms with van der Waals surface area (Å²) in [5.74, 6) is 0. The molecule has 0 nitrogen and oxygen atoms in total. The molecule has 8 heavy (non-hydrogen) atoms. The summed E-state index contributed by atoms with van der Waals surface area (Å²) < 4.78 is 0. The van der Waals surface area contributed by atoms with Crippen molar-refractivity contribution in [2.45, 2.75) is 20.8 Å². The monoisotopic (exact) mass is 176 g/mol. The van der Waals surface area contributed by atoms with Gasteiger partial charge < -0.3 is 0 Å². The maximum absolute atomic E-state index is 2.29. The first kappa shape index (κ1) is 11.7. The topological polar surface area (TPSA) is 0 Å². The third-order valence-electron chi connectivity index (χ3n) is 1.34. The van der Waals surface area contributed by atoms with Crippen LogP contribution in [-0.4, -0.2) is 18.5 Å². The first-order valence-electron chi connectivity index (χ1n) is 3.07. The van der Waals surface area contributed by atoms with Crippen LogP contribution in [-0.2, 0) is 16.5 Å². The first-order valence-corrected chi connectivity index (χ1v) is 4.97. The third-order valence-corrected chi connectivity index (χ3v) is 4.02. The predicted molar refractivity (Wildman–Crippen MR) is 38.5 cm³/mol. The predicted octanol–water partition coefficient (Wildman–Crippen LogP) is 2.53. The molecule has 0 rings (SSSR count). The van der Waals surface area contributed by atoms with Gasteiger partial charge in [0, 0.05) is 0 Å². The van der Waals surface area contributed by atoms with Gasteiger partial charge in [0.2, 0.25) is 0 Å². The van der Waals surface area contributed by atoms with Crippen molar-refractivity contribution in [3.05, 3.63) is 0 Å². The number of hydrogen-bond acceptors (Lipinski definition) is 0. The standard InChI is InChI=1S/C6H15P.Ni/c1-4-7(5-2)6-3;/h4-6H2,1-3H3;/q;+2. The molecule has 0 aliphatic carbocycles. The molecule has 0 bridgehead atoms. The van der Waals surface area contributed by atoms with Crippen LogP contribution in [0.1, 0.15) is 20.8 Å². The molecule has 0 aliphatic heterocycles. The van der Waals surface area contributed by atoms with Gasteiger partial charge in [-0.1, -0.05) is 20.8 Å². The average Bonchev–Trinajstić information content (AvgIpc) is 1.72. The Morgan fingerprint density at radius 1 is 0.875 bits per heavy atom. The summed E-state index contributed by atoms with van der Waals surface area (Å²) in [5.41, 5.74) is 0. The molecule has 0 radical (unpaired) electrons. The van der Waals surface area contributed by atoms with E-state index in [-0.39, 0.29) is 16.5 Å². The normalized spacial score (nSPS) is 9.00. The Balaban J connectivity index is 0. The van der Waals surface area contributed by atoms with Crippen LogP contribution in [0.5, 0.6) is 0 Å². The van der Waals surface area contributed by atoms with Gasteiger partial charge in [-0.2, -0.15) is 0 Å². The van der Waals surface area contributed by atoms with E-state index in [1.54, 1.807) is 0 Å². The van der Waals surface area contributed by atoms with Gasteiger partial charge in [0.25, 0.3) is 0 Å². The van der Waals surface area contributed by atoms with Gasteiger partial charge in [-0.05, 0) is 18.5 Å². The maximum Gasteiger partial charge on any atom is 2.00 e. The SMILES string of the molecule is CCP(CC)CC.[Ni+2]. The zero-order valence-corrected chi connectivity index (χ0v) is 7.77. The van der Waals surface area contributed by atoms with E-state index < -0.39 is 0 Å². The van der Waals surface area contributed by atoms with Crippen LogP contribution in [0.25, 0.3) is 0 Å². The van der Waals surface area contributed by atoms with E-state index in [4.69, 9.17) is 0 Å². The van der Waals surface area contributed by atoms with Crippen molar-refractivity contribution < 1.29 is 16.5 Å². The molecule has 52 valence electrons. The molecule has 0 aliphatic rings. The van der Waals surface area contributed by atoms with Crippen LogP contribution in [0.3, 0.4) is 0 Å². The molecule has 2 heteroatoms. The fourth-order valence-electron chi connectivity index (χ4n) is 0.671. The molecule has 0 aromatic carbocycles. The van der Waals surface area contributed by atoms with Gasteiger partial charge in [-0.3, -0.25) is 0 Å². The van der Waals surface area contributed by atoms with Crippen LogP contribution in [0.4, 0.5) is 0 Å². The van der Waals surface area contributed by atoms with Crippen LogP contribution in [0.2, 0.25) is 0 Å². The number of hydrogen-bond donors (Lipinski definition) is 0. The second-order valence-corrected chi connectivity index (χ2v) is 4.86. The fraction of sp³-hybridized carbons (Fsp3) is 1.00. The molecule has 0 aromatic rings. The van der Waals surface area contributed by atoms with Gasteiger partial charge in [-0.15, -0.1) is 7.92 Å². The van der Waals surface area contributed by atoms with E-state index in [0.717, 1.165) is 0 Å². The molecule has 0 unspecified atom stereocenters. The van der Waals surface area contributed by atoms with E-state index >= 15 is 0 Å². The molecular weight excluding hydrogens is 162 g/mol. The van der Waals surface area contributed by atoms with Gasteiger partial charge in [0.1, 0.15) is 0 Å². The van der Waals surface area contributed by atoms with E-state index in [1.807, 2.05) is 0 Å². The summed E-state index contributed by atoms with van der Waals surface area (Å²) in [6, 6.07) is 0. The van der Waals surface area contributed by atoms with Crippen molar-refractivity contribution in [3.8, 4) is 0 Å². The molecule has 0 saturated carbocycles. The molecule has 0 atom stereocenters. The summed E-state index contributed by atoms with van der Waals surface area (Å²) in [6.45, 7) is 6.87. The largest absolute Gasteiger partial charge is 2.00 e. The van der Waals surface area contributed by atoms with E-state index in [9.17, 15) is 0 Å². The van der Waals surface area contributed by atoms with Crippen molar-refractivity contribution in [2.24, 2.45) is 0 Å². The second-order valence-electron chi connectivity index (χ2n) is 1.62. The first-order chi connectivity index (χ1) is 3.35. The Kier molecular flexibility index (Phi) is 11.6. The van der Waals surface area contributed by atoms with E-state index in [1.165, 1.54) is 18.5 Å². The van der Waals surface area contributed by atoms with Crippen LogP contribution < -0.4 is 0 Å². The fourth-order valence-corrected chi connectivity index (χ4v) is 2.01. The smallest absolute Gasteiger partial charge is 0.108 e. The van der Waals surface area contributed by atoms with E-state index in [2.05, 4.69) is 20.8 Å². The average molecular weight is 177 g/mol. The summed E-state index contributed by atoms with van der Waals surface area (Å²) in [4.78, 5) is 0. The summed E-state index contributed by atoms with van der Waals surface area (Å²) in [6.07, 6.45) is 4.26. The minimum Gasteiger partial charge on any atom is -0.108 e. The Morgan fingerprint density at radius 3 is 1.12 bits per heavy atom. The quantitative estimate of drug-likeness (QED) is 0.458. The maximum atomic E-state index is 2.29. The van der Waals surface area contributed by atoms with Gasteiger partial charge in [0.05, 0.1) is 0 Å². The molecule has 0 amide bonds. The molecule has 0 heterocycles. The summed E-state index contributed by atoms with van der Waals surface area (Å²) in [5, 5.41) is 0. The summed E-state index contributed by atoms with van der Waals surface area (Å²) >= 11 is 0. The van der Waals surface area contributed by atoms with Gasteiger partial charge >= 0.3 is 16.5 Å². The van der Waals surface area contributed by atoms with Crippen LogP contribution in [0.15, 0.2) is 0 Å². The van der Waals surface area contributed by atoms with Gasteiger partial charge in [0.15, 0.2) is 0 Å².